The molecule has 0 aliphatic heterocycles. The number of ketones is 1. The lowest BCUT2D eigenvalue weighted by Crippen LogP contribution is -2.04. The Balaban J connectivity index is 2.26. The fourth-order valence-electron chi connectivity index (χ4n) is 3.49. The van der Waals surface area contributed by atoms with E-state index in [9.17, 15) is 15.0 Å². The number of rotatable bonds is 2. The van der Waals surface area contributed by atoms with E-state index in [1.165, 1.54) is 12.5 Å². The smallest absolute Gasteiger partial charge is 0.169 e. The molecule has 108 valence electrons. The van der Waals surface area contributed by atoms with E-state index in [1.54, 1.807) is 6.92 Å². The largest absolute Gasteiger partial charge is 0.504 e. The highest BCUT2D eigenvalue weighted by atomic mass is 16.3. The fourth-order valence-corrected chi connectivity index (χ4v) is 3.49. The Morgan fingerprint density at radius 3 is 2.43 bits per heavy atom. The monoisotopic (exact) mass is 282 g/mol. The lowest BCUT2D eigenvalue weighted by molar-refractivity contribution is 0.101. The number of carbonyl (C=O) groups is 1. The predicted molar refractivity (Wildman–Crippen MR) is 81.1 cm³/mol. The number of hydrogen-bond acceptors (Lipinski definition) is 3. The predicted octanol–water partition coefficient (Wildman–Crippen LogP) is 3.69. The van der Waals surface area contributed by atoms with Gasteiger partial charge in [-0.05, 0) is 48.9 Å². The fraction of sp³-hybridized carbons (Fsp3) is 0.278. The third-order valence-electron chi connectivity index (χ3n) is 4.43. The molecule has 3 nitrogen and oxygen atoms in total. The van der Waals surface area contributed by atoms with Crippen molar-refractivity contribution in [2.24, 2.45) is 0 Å². The highest BCUT2D eigenvalue weighted by Crippen LogP contribution is 2.48. The van der Waals surface area contributed by atoms with Crippen LogP contribution in [0.15, 0.2) is 30.3 Å². The van der Waals surface area contributed by atoms with E-state index in [2.05, 4.69) is 12.1 Å². The zero-order chi connectivity index (χ0) is 15.1. The van der Waals surface area contributed by atoms with Crippen molar-refractivity contribution >= 4 is 5.78 Å². The lowest BCUT2D eigenvalue weighted by Gasteiger charge is -2.18. The van der Waals surface area contributed by atoms with E-state index < -0.39 is 0 Å². The Bertz CT molecular complexity index is 717. The molecule has 1 aliphatic rings. The number of aromatic hydroxyl groups is 2. The maximum absolute atomic E-state index is 11.9. The molecule has 0 saturated heterocycles. The van der Waals surface area contributed by atoms with Crippen LogP contribution in [0.5, 0.6) is 11.5 Å². The van der Waals surface area contributed by atoms with Gasteiger partial charge in [-0.3, -0.25) is 4.79 Å². The van der Waals surface area contributed by atoms with Crippen LogP contribution in [-0.2, 0) is 6.42 Å². The molecule has 2 aromatic carbocycles. The number of Topliss-reactive ketones (excluding diaryl/α,β-unsaturated/α-hetero) is 1. The Morgan fingerprint density at radius 2 is 1.81 bits per heavy atom. The summed E-state index contributed by atoms with van der Waals surface area (Å²) < 4.78 is 0. The van der Waals surface area contributed by atoms with Gasteiger partial charge in [0.05, 0.1) is 5.56 Å². The van der Waals surface area contributed by atoms with E-state index in [1.807, 2.05) is 18.2 Å². The van der Waals surface area contributed by atoms with Crippen molar-refractivity contribution in [1.82, 2.24) is 0 Å². The second-order valence-corrected chi connectivity index (χ2v) is 5.65. The van der Waals surface area contributed by atoms with Crippen molar-refractivity contribution in [2.75, 3.05) is 0 Å². The minimum absolute atomic E-state index is 0.165. The van der Waals surface area contributed by atoms with E-state index in [0.717, 1.165) is 24.0 Å². The van der Waals surface area contributed by atoms with Gasteiger partial charge in [0.15, 0.2) is 17.3 Å². The van der Waals surface area contributed by atoms with Gasteiger partial charge in [0.25, 0.3) is 0 Å². The minimum atomic E-state index is -0.271. The van der Waals surface area contributed by atoms with Crippen LogP contribution in [0.1, 0.15) is 51.9 Å². The summed E-state index contributed by atoms with van der Waals surface area (Å²) in [5.74, 6) is -0.465. The van der Waals surface area contributed by atoms with Crippen LogP contribution < -0.4 is 0 Å². The average Bonchev–Trinajstić information content (AvgIpc) is 2.90. The first-order valence-electron chi connectivity index (χ1n) is 7.15. The number of phenolic OH excluding ortho intramolecular Hbond substituents is 2. The topological polar surface area (TPSA) is 57.5 Å². The molecule has 0 heterocycles. The van der Waals surface area contributed by atoms with Gasteiger partial charge >= 0.3 is 0 Å². The number of phenols is 2. The zero-order valence-corrected chi connectivity index (χ0v) is 12.2. The Hall–Kier alpha value is -2.29. The molecule has 0 aromatic heterocycles. The lowest BCUT2D eigenvalue weighted by atomic mass is 9.87. The van der Waals surface area contributed by atoms with Crippen LogP contribution in [-0.4, -0.2) is 16.0 Å². The third-order valence-corrected chi connectivity index (χ3v) is 4.43. The van der Waals surface area contributed by atoms with Crippen molar-refractivity contribution in [3.8, 4) is 11.5 Å². The number of benzene rings is 2. The van der Waals surface area contributed by atoms with Crippen LogP contribution >= 0.6 is 0 Å². The molecule has 0 amide bonds. The summed E-state index contributed by atoms with van der Waals surface area (Å²) in [6, 6.07) is 10.1. The first-order valence-corrected chi connectivity index (χ1v) is 7.15. The summed E-state index contributed by atoms with van der Waals surface area (Å²) in [6.45, 7) is 3.24. The van der Waals surface area contributed by atoms with Gasteiger partial charge in [0.2, 0.25) is 0 Å². The standard InChI is InChI=1S/C18H18O3/c1-10-15-13(12-6-4-3-5-7-12)8-9-14(15)16(11(2)19)18(21)17(10)20/h3-7,13,20-21H,8-9H2,1-2H3. The van der Waals surface area contributed by atoms with Crippen molar-refractivity contribution in [1.29, 1.82) is 0 Å². The second-order valence-electron chi connectivity index (χ2n) is 5.65. The SMILES string of the molecule is CC(=O)c1c(O)c(O)c(C)c2c1CCC2c1ccccc1. The van der Waals surface area contributed by atoms with E-state index in [4.69, 9.17) is 0 Å². The Kier molecular flexibility index (Phi) is 3.20. The third kappa shape index (κ3) is 2.00. The van der Waals surface area contributed by atoms with Crippen LogP contribution in [0.3, 0.4) is 0 Å². The van der Waals surface area contributed by atoms with Crippen molar-refractivity contribution in [2.45, 2.75) is 32.6 Å². The zero-order valence-electron chi connectivity index (χ0n) is 12.2. The molecular formula is C18H18O3. The van der Waals surface area contributed by atoms with Crippen molar-refractivity contribution < 1.29 is 15.0 Å². The molecule has 0 bridgehead atoms. The molecule has 0 radical (unpaired) electrons. The maximum Gasteiger partial charge on any atom is 0.169 e. The van der Waals surface area contributed by atoms with E-state index in [0.29, 0.717) is 5.56 Å². The van der Waals surface area contributed by atoms with E-state index >= 15 is 0 Å². The van der Waals surface area contributed by atoms with E-state index in [-0.39, 0.29) is 28.8 Å². The molecule has 21 heavy (non-hydrogen) atoms. The Labute approximate surface area is 123 Å². The van der Waals surface area contributed by atoms with Crippen LogP contribution in [0.2, 0.25) is 0 Å². The molecule has 0 saturated carbocycles. The molecule has 1 atom stereocenters. The summed E-state index contributed by atoms with van der Waals surface area (Å²) in [5, 5.41) is 20.3. The molecule has 3 rings (SSSR count). The first kappa shape index (κ1) is 13.7. The highest BCUT2D eigenvalue weighted by molar-refractivity contribution is 6.00. The van der Waals surface area contributed by atoms with Crippen molar-refractivity contribution in [3.05, 3.63) is 58.1 Å². The van der Waals surface area contributed by atoms with Crippen LogP contribution in [0.25, 0.3) is 0 Å². The molecule has 2 aromatic rings. The normalized spacial score (nSPS) is 16.8. The first-order chi connectivity index (χ1) is 10.0. The number of hydrogen-bond donors (Lipinski definition) is 2. The number of fused-ring (bicyclic) bond motifs is 1. The van der Waals surface area contributed by atoms with Gasteiger partial charge in [-0.2, -0.15) is 0 Å². The van der Waals surface area contributed by atoms with Gasteiger partial charge < -0.3 is 10.2 Å². The molecule has 0 fully saturated rings. The van der Waals surface area contributed by atoms with Gasteiger partial charge in [0, 0.05) is 5.92 Å². The van der Waals surface area contributed by atoms with Gasteiger partial charge in [-0.15, -0.1) is 0 Å². The van der Waals surface area contributed by atoms with Crippen LogP contribution in [0.4, 0.5) is 0 Å². The summed E-state index contributed by atoms with van der Waals surface area (Å²) >= 11 is 0. The van der Waals surface area contributed by atoms with Crippen LogP contribution in [0, 0.1) is 6.92 Å². The quantitative estimate of drug-likeness (QED) is 0.652. The molecule has 2 N–H and O–H groups in total. The molecular weight excluding hydrogens is 264 g/mol. The van der Waals surface area contributed by atoms with Gasteiger partial charge in [0.1, 0.15) is 0 Å². The van der Waals surface area contributed by atoms with Gasteiger partial charge in [-0.25, -0.2) is 0 Å². The molecule has 1 aliphatic carbocycles. The summed E-state index contributed by atoms with van der Waals surface area (Å²) in [7, 11) is 0. The molecule has 3 heteroatoms. The summed E-state index contributed by atoms with van der Waals surface area (Å²) in [5.41, 5.74) is 4.04. The average molecular weight is 282 g/mol. The Morgan fingerprint density at radius 1 is 1.14 bits per heavy atom. The van der Waals surface area contributed by atoms with Gasteiger partial charge in [-0.1, -0.05) is 30.3 Å². The summed E-state index contributed by atoms with van der Waals surface area (Å²) in [6.07, 6.45) is 1.64. The molecule has 0 spiro atoms. The van der Waals surface area contributed by atoms with Crippen molar-refractivity contribution in [3.63, 3.8) is 0 Å². The number of carbonyl (C=O) groups excluding carboxylic acids is 1. The minimum Gasteiger partial charge on any atom is -0.504 e. The second kappa shape index (κ2) is 4.92. The maximum atomic E-state index is 11.9. The highest BCUT2D eigenvalue weighted by Gasteiger charge is 2.33. The molecule has 1 unspecified atom stereocenters. The summed E-state index contributed by atoms with van der Waals surface area (Å²) in [4.78, 5) is 11.9.